The van der Waals surface area contributed by atoms with Gasteiger partial charge in [0.2, 0.25) is 0 Å². The second-order valence-corrected chi connectivity index (χ2v) is 0.812. The highest BCUT2D eigenvalue weighted by molar-refractivity contribution is 4.99. The van der Waals surface area contributed by atoms with Crippen molar-refractivity contribution in [3.8, 4) is 0 Å². The molecule has 1 rings (SSSR count). The van der Waals surface area contributed by atoms with Gasteiger partial charge in [0.15, 0.2) is 0 Å². The first-order chi connectivity index (χ1) is 1.89. The third kappa shape index (κ3) is 0.0696. The van der Waals surface area contributed by atoms with Gasteiger partial charge in [-0.05, 0) is 0 Å². The molecule has 4 heavy (non-hydrogen) atoms. The Labute approximate surface area is 25.5 Å². The minimum atomic E-state index is 1.75. The molecule has 1 heteroatoms. The van der Waals surface area contributed by atoms with Crippen LogP contribution >= 0.6 is 0 Å². The molecule has 1 nitrogen and oxygen atoms in total. The number of hydrogen-bond acceptors (Lipinski definition) is 1. The lowest BCUT2D eigenvalue weighted by atomic mass is 11.3. The molecule has 0 fully saturated rings. The number of nitrogens with zero attached hydrogens (tertiary/aromatic N) is 1. The monoisotopic (exact) mass is 54.0 g/mol. The largest absolute Gasteiger partial charge is 0.350 e. The Morgan fingerprint density at radius 2 is 1.75 bits per heavy atom. The zero-order valence-electron chi connectivity index (χ0n) is 2.31. The van der Waals surface area contributed by atoms with E-state index in [-0.39, 0.29) is 0 Å². The number of rotatable bonds is 0. The fourth-order valence-corrected chi connectivity index (χ4v) is 0.0471. The zero-order chi connectivity index (χ0) is 2.99. The van der Waals surface area contributed by atoms with Gasteiger partial charge in [0.25, 0.3) is 0 Å². The standard InChI is InChI=1S/C3H4N/c1-4-2-3-4/h2-3H,1H2. The van der Waals surface area contributed by atoms with Crippen LogP contribution in [0.2, 0.25) is 0 Å². The van der Waals surface area contributed by atoms with Crippen LogP contribution in [0.1, 0.15) is 0 Å². The molecule has 0 spiro atoms. The molecule has 0 aromatic carbocycles. The Bertz CT molecular complexity index is 41.2. The molecule has 0 saturated carbocycles. The van der Waals surface area contributed by atoms with Crippen LogP contribution < -0.4 is 0 Å². The summed E-state index contributed by atoms with van der Waals surface area (Å²) < 4.78 is 0. The molecule has 1 aliphatic rings. The van der Waals surface area contributed by atoms with E-state index in [0.29, 0.717) is 0 Å². The summed E-state index contributed by atoms with van der Waals surface area (Å²) in [4.78, 5) is 1.75. The SMILES string of the molecule is [CH2]N1C=C1. The smallest absolute Gasteiger partial charge is 0.0400 e. The Balaban J connectivity index is 2.32. The predicted molar refractivity (Wildman–Crippen MR) is 16.3 cm³/mol. The van der Waals surface area contributed by atoms with Gasteiger partial charge in [0.05, 0.1) is 0 Å². The van der Waals surface area contributed by atoms with Gasteiger partial charge in [-0.25, -0.2) is 0 Å². The second kappa shape index (κ2) is 0.292. The van der Waals surface area contributed by atoms with Crippen molar-refractivity contribution < 1.29 is 0 Å². The minimum absolute atomic E-state index is 1.75. The molecule has 1 heterocycles. The highest BCUT2D eigenvalue weighted by Crippen LogP contribution is 1.99. The van der Waals surface area contributed by atoms with Crippen molar-refractivity contribution >= 4 is 0 Å². The molecule has 0 unspecified atom stereocenters. The Morgan fingerprint density at radius 1 is 1.50 bits per heavy atom. The van der Waals surface area contributed by atoms with Crippen LogP contribution in [0.4, 0.5) is 0 Å². The first kappa shape index (κ1) is 1.82. The zero-order valence-corrected chi connectivity index (χ0v) is 2.31. The molecule has 0 amide bonds. The molecule has 1 aliphatic heterocycles. The van der Waals surface area contributed by atoms with Crippen molar-refractivity contribution in [2.24, 2.45) is 0 Å². The molecular formula is C3H4N. The third-order valence-electron chi connectivity index (χ3n) is 0.360. The van der Waals surface area contributed by atoms with E-state index in [1.54, 1.807) is 4.90 Å². The molecule has 1 radical (unpaired) electrons. The van der Waals surface area contributed by atoms with Gasteiger partial charge in [-0.15, -0.1) is 0 Å². The van der Waals surface area contributed by atoms with E-state index in [1.165, 1.54) is 0 Å². The van der Waals surface area contributed by atoms with Crippen LogP contribution in [0.25, 0.3) is 0 Å². The van der Waals surface area contributed by atoms with Crippen molar-refractivity contribution in [3.05, 3.63) is 19.4 Å². The van der Waals surface area contributed by atoms with Crippen molar-refractivity contribution in [2.45, 2.75) is 0 Å². The first-order valence-corrected chi connectivity index (χ1v) is 1.17. The average molecular weight is 54.1 g/mol. The van der Waals surface area contributed by atoms with E-state index in [4.69, 9.17) is 0 Å². The highest BCUT2D eigenvalue weighted by Gasteiger charge is 1.90. The maximum absolute atomic E-state index is 3.47. The fourth-order valence-electron chi connectivity index (χ4n) is 0.0471. The van der Waals surface area contributed by atoms with E-state index >= 15 is 0 Å². The minimum Gasteiger partial charge on any atom is -0.350 e. The normalized spacial score (nSPS) is 17.8. The summed E-state index contributed by atoms with van der Waals surface area (Å²) in [6.45, 7) is 0. The van der Waals surface area contributed by atoms with Gasteiger partial charge in [0.1, 0.15) is 0 Å². The quantitative estimate of drug-likeness (QED) is 0.390. The van der Waals surface area contributed by atoms with Crippen LogP contribution in [0.5, 0.6) is 0 Å². The maximum atomic E-state index is 3.47. The van der Waals surface area contributed by atoms with Crippen molar-refractivity contribution in [1.29, 1.82) is 0 Å². The van der Waals surface area contributed by atoms with Crippen LogP contribution in [0, 0.1) is 7.05 Å². The summed E-state index contributed by atoms with van der Waals surface area (Å²) in [7, 11) is 3.47. The molecule has 0 aliphatic carbocycles. The Hall–Kier alpha value is -0.460. The van der Waals surface area contributed by atoms with Gasteiger partial charge in [0, 0.05) is 19.4 Å². The molecule has 0 N–H and O–H groups in total. The van der Waals surface area contributed by atoms with Gasteiger partial charge >= 0.3 is 0 Å². The summed E-state index contributed by atoms with van der Waals surface area (Å²) in [6, 6.07) is 0. The predicted octanol–water partition coefficient (Wildman–Crippen LogP) is 0.565. The lowest BCUT2D eigenvalue weighted by Crippen LogP contribution is -1.68. The van der Waals surface area contributed by atoms with Crippen LogP contribution in [0.3, 0.4) is 0 Å². The average Bonchev–Trinajstić information content (AvgIpc) is 1.75. The van der Waals surface area contributed by atoms with Gasteiger partial charge < -0.3 is 4.90 Å². The van der Waals surface area contributed by atoms with E-state index in [1.807, 2.05) is 12.4 Å². The van der Waals surface area contributed by atoms with Gasteiger partial charge in [-0.2, -0.15) is 0 Å². The summed E-state index contributed by atoms with van der Waals surface area (Å²) in [6.07, 6.45) is 3.78. The van der Waals surface area contributed by atoms with Crippen molar-refractivity contribution in [3.63, 3.8) is 0 Å². The third-order valence-corrected chi connectivity index (χ3v) is 0.360. The summed E-state index contributed by atoms with van der Waals surface area (Å²) in [5, 5.41) is 0. The first-order valence-electron chi connectivity index (χ1n) is 1.17. The second-order valence-electron chi connectivity index (χ2n) is 0.812. The highest BCUT2D eigenvalue weighted by atomic mass is 15.1. The van der Waals surface area contributed by atoms with E-state index in [2.05, 4.69) is 7.05 Å². The van der Waals surface area contributed by atoms with E-state index < -0.39 is 0 Å². The summed E-state index contributed by atoms with van der Waals surface area (Å²) >= 11 is 0. The van der Waals surface area contributed by atoms with Crippen molar-refractivity contribution in [1.82, 2.24) is 4.90 Å². The topological polar surface area (TPSA) is 3.01 Å². The summed E-state index contributed by atoms with van der Waals surface area (Å²) in [5.74, 6) is 0. The van der Waals surface area contributed by atoms with Crippen molar-refractivity contribution in [2.75, 3.05) is 0 Å². The van der Waals surface area contributed by atoms with E-state index in [0.717, 1.165) is 0 Å². The molecule has 0 bridgehead atoms. The van der Waals surface area contributed by atoms with E-state index in [9.17, 15) is 0 Å². The van der Waals surface area contributed by atoms with Crippen LogP contribution in [0.15, 0.2) is 12.4 Å². The van der Waals surface area contributed by atoms with Gasteiger partial charge in [-0.3, -0.25) is 0 Å². The Kier molecular flexibility index (Phi) is 0.133. The molecule has 21 valence electrons. The molecule has 0 aromatic rings. The van der Waals surface area contributed by atoms with Crippen LogP contribution in [-0.2, 0) is 0 Å². The fraction of sp³-hybridized carbons (Fsp3) is 0. The molecular weight excluding hydrogens is 50.0 g/mol. The number of hydrogen-bond donors (Lipinski definition) is 0. The lowest BCUT2D eigenvalue weighted by Gasteiger charge is -1.73. The maximum Gasteiger partial charge on any atom is 0.0400 e. The molecule has 0 atom stereocenters. The molecule has 0 saturated heterocycles. The summed E-state index contributed by atoms with van der Waals surface area (Å²) in [5.41, 5.74) is 0. The molecule has 0 aromatic heterocycles. The van der Waals surface area contributed by atoms with Gasteiger partial charge in [-0.1, -0.05) is 0 Å². The van der Waals surface area contributed by atoms with Crippen LogP contribution in [-0.4, -0.2) is 4.90 Å². The Morgan fingerprint density at radius 3 is 1.75 bits per heavy atom. The lowest BCUT2D eigenvalue weighted by molar-refractivity contribution is 0.834.